The van der Waals surface area contributed by atoms with Gasteiger partial charge in [-0.2, -0.15) is 0 Å². The van der Waals surface area contributed by atoms with Gasteiger partial charge in [-0.05, 0) is 24.7 Å². The van der Waals surface area contributed by atoms with Gasteiger partial charge in [0.25, 0.3) is 0 Å². The molecule has 0 unspecified atom stereocenters. The maximum Gasteiger partial charge on any atom is 0.124 e. The molecule has 2 heteroatoms. The maximum atomic E-state index is 5.72. The Bertz CT molecular complexity index is 254. The third-order valence-electron chi connectivity index (χ3n) is 2.36. The molecule has 1 aliphatic rings. The molecule has 1 saturated heterocycles. The van der Waals surface area contributed by atoms with Crippen LogP contribution in [0.2, 0.25) is 0 Å². The van der Waals surface area contributed by atoms with Crippen LogP contribution in [0, 0.1) is 6.07 Å². The Hall–Kier alpha value is -1.02. The SMILES string of the molecule is CCN1CC(Oc2cc[c]cc2)C1. The van der Waals surface area contributed by atoms with Crippen molar-refractivity contribution in [2.45, 2.75) is 13.0 Å². The van der Waals surface area contributed by atoms with Gasteiger partial charge >= 0.3 is 0 Å². The van der Waals surface area contributed by atoms with E-state index in [-0.39, 0.29) is 0 Å². The van der Waals surface area contributed by atoms with Crippen molar-refractivity contribution >= 4 is 0 Å². The molecule has 69 valence electrons. The second kappa shape index (κ2) is 3.79. The molecule has 0 aromatic heterocycles. The van der Waals surface area contributed by atoms with Crippen LogP contribution in [0.15, 0.2) is 24.3 Å². The van der Waals surface area contributed by atoms with Gasteiger partial charge in [0.2, 0.25) is 0 Å². The predicted octanol–water partition coefficient (Wildman–Crippen LogP) is 1.57. The molecular weight excluding hydrogens is 162 g/mol. The van der Waals surface area contributed by atoms with E-state index in [1.54, 1.807) is 0 Å². The van der Waals surface area contributed by atoms with Crippen molar-refractivity contribution in [1.29, 1.82) is 0 Å². The summed E-state index contributed by atoms with van der Waals surface area (Å²) in [5.41, 5.74) is 0. The highest BCUT2D eigenvalue weighted by molar-refractivity contribution is 5.21. The molecule has 1 aromatic rings. The van der Waals surface area contributed by atoms with Crippen LogP contribution in [0.1, 0.15) is 6.92 Å². The molecule has 1 heterocycles. The number of likely N-dealkylation sites (N-methyl/N-ethyl adjacent to an activating group) is 1. The fourth-order valence-electron chi connectivity index (χ4n) is 1.50. The summed E-state index contributed by atoms with van der Waals surface area (Å²) in [5, 5.41) is 0. The number of rotatable bonds is 3. The third-order valence-corrected chi connectivity index (χ3v) is 2.36. The van der Waals surface area contributed by atoms with E-state index in [0.717, 1.165) is 25.4 Å². The van der Waals surface area contributed by atoms with Crippen LogP contribution in [0.4, 0.5) is 0 Å². The number of nitrogens with zero attached hydrogens (tertiary/aromatic N) is 1. The Labute approximate surface area is 79.1 Å². The van der Waals surface area contributed by atoms with Gasteiger partial charge in [-0.15, -0.1) is 0 Å². The van der Waals surface area contributed by atoms with Crippen LogP contribution in [-0.2, 0) is 0 Å². The molecule has 0 amide bonds. The van der Waals surface area contributed by atoms with Crippen LogP contribution in [-0.4, -0.2) is 30.6 Å². The van der Waals surface area contributed by atoms with Gasteiger partial charge in [-0.1, -0.05) is 19.1 Å². The van der Waals surface area contributed by atoms with Crippen LogP contribution < -0.4 is 4.74 Å². The molecule has 0 bridgehead atoms. The molecule has 1 radical (unpaired) electrons. The van der Waals surface area contributed by atoms with E-state index in [0.29, 0.717) is 6.10 Å². The summed E-state index contributed by atoms with van der Waals surface area (Å²) in [6.45, 7) is 5.43. The molecule has 1 fully saturated rings. The fourth-order valence-corrected chi connectivity index (χ4v) is 1.50. The molecule has 0 aliphatic carbocycles. The van der Waals surface area contributed by atoms with E-state index in [1.165, 1.54) is 0 Å². The summed E-state index contributed by atoms with van der Waals surface area (Å²) in [5.74, 6) is 0.958. The fraction of sp³-hybridized carbons (Fsp3) is 0.455. The van der Waals surface area contributed by atoms with Crippen LogP contribution in [0.5, 0.6) is 5.75 Å². The molecule has 13 heavy (non-hydrogen) atoms. The van der Waals surface area contributed by atoms with E-state index >= 15 is 0 Å². The minimum absolute atomic E-state index is 0.391. The first-order chi connectivity index (χ1) is 6.38. The molecule has 0 saturated carbocycles. The minimum Gasteiger partial charge on any atom is -0.488 e. The topological polar surface area (TPSA) is 12.5 Å². The van der Waals surface area contributed by atoms with E-state index in [4.69, 9.17) is 4.74 Å². The van der Waals surface area contributed by atoms with E-state index in [1.807, 2.05) is 24.3 Å². The number of benzene rings is 1. The zero-order chi connectivity index (χ0) is 9.10. The Kier molecular flexibility index (Phi) is 2.50. The maximum absolute atomic E-state index is 5.72. The van der Waals surface area contributed by atoms with Gasteiger partial charge in [0.05, 0.1) is 0 Å². The lowest BCUT2D eigenvalue weighted by Gasteiger charge is -2.38. The molecular formula is C11H14NO. The van der Waals surface area contributed by atoms with E-state index in [9.17, 15) is 0 Å². The summed E-state index contributed by atoms with van der Waals surface area (Å²) in [6, 6.07) is 10.6. The van der Waals surface area contributed by atoms with Crippen molar-refractivity contribution in [1.82, 2.24) is 4.90 Å². The van der Waals surface area contributed by atoms with Crippen LogP contribution >= 0.6 is 0 Å². The largest absolute Gasteiger partial charge is 0.488 e. The number of hydrogen-bond acceptors (Lipinski definition) is 2. The van der Waals surface area contributed by atoms with Crippen molar-refractivity contribution in [3.8, 4) is 5.75 Å². The van der Waals surface area contributed by atoms with Gasteiger partial charge in [0.1, 0.15) is 11.9 Å². The molecule has 1 aromatic carbocycles. The monoisotopic (exact) mass is 176 g/mol. The first-order valence-electron chi connectivity index (χ1n) is 4.73. The Morgan fingerprint density at radius 1 is 1.46 bits per heavy atom. The lowest BCUT2D eigenvalue weighted by Crippen LogP contribution is -2.53. The van der Waals surface area contributed by atoms with Gasteiger partial charge in [0, 0.05) is 13.1 Å². The molecule has 2 nitrogen and oxygen atoms in total. The minimum atomic E-state index is 0.391. The number of ether oxygens (including phenoxy) is 1. The number of hydrogen-bond donors (Lipinski definition) is 0. The molecule has 0 atom stereocenters. The molecule has 0 spiro atoms. The van der Waals surface area contributed by atoms with Gasteiger partial charge in [0.15, 0.2) is 0 Å². The highest BCUT2D eigenvalue weighted by atomic mass is 16.5. The summed E-state index contributed by atoms with van der Waals surface area (Å²) in [7, 11) is 0. The first kappa shape index (κ1) is 8.57. The highest BCUT2D eigenvalue weighted by Gasteiger charge is 2.26. The Balaban J connectivity index is 1.81. The second-order valence-electron chi connectivity index (χ2n) is 3.33. The lowest BCUT2D eigenvalue weighted by molar-refractivity contribution is 0.0238. The summed E-state index contributed by atoms with van der Waals surface area (Å²) < 4.78 is 5.72. The zero-order valence-electron chi connectivity index (χ0n) is 7.86. The normalized spacial score (nSPS) is 18.2. The Morgan fingerprint density at radius 2 is 2.15 bits per heavy atom. The third kappa shape index (κ3) is 2.01. The highest BCUT2D eigenvalue weighted by Crippen LogP contribution is 2.16. The first-order valence-corrected chi connectivity index (χ1v) is 4.73. The van der Waals surface area contributed by atoms with Crippen molar-refractivity contribution in [2.24, 2.45) is 0 Å². The van der Waals surface area contributed by atoms with Gasteiger partial charge < -0.3 is 4.74 Å². The summed E-state index contributed by atoms with van der Waals surface area (Å²) in [4.78, 5) is 2.36. The molecule has 0 N–H and O–H groups in total. The zero-order valence-corrected chi connectivity index (χ0v) is 7.86. The van der Waals surface area contributed by atoms with Crippen molar-refractivity contribution in [3.63, 3.8) is 0 Å². The Morgan fingerprint density at radius 3 is 2.77 bits per heavy atom. The molecule has 2 rings (SSSR count). The molecule has 1 aliphatic heterocycles. The lowest BCUT2D eigenvalue weighted by atomic mass is 10.2. The van der Waals surface area contributed by atoms with Crippen LogP contribution in [0.3, 0.4) is 0 Å². The van der Waals surface area contributed by atoms with Crippen LogP contribution in [0.25, 0.3) is 0 Å². The number of likely N-dealkylation sites (tertiary alicyclic amines) is 1. The van der Waals surface area contributed by atoms with Gasteiger partial charge in [-0.25, -0.2) is 0 Å². The summed E-state index contributed by atoms with van der Waals surface area (Å²) >= 11 is 0. The standard InChI is InChI=1S/C11H14NO/c1-2-12-8-11(9-12)13-10-6-4-3-5-7-10/h4-7,11H,2,8-9H2,1H3. The van der Waals surface area contributed by atoms with E-state index < -0.39 is 0 Å². The van der Waals surface area contributed by atoms with Crippen molar-refractivity contribution < 1.29 is 4.74 Å². The van der Waals surface area contributed by atoms with Gasteiger partial charge in [-0.3, -0.25) is 4.90 Å². The predicted molar refractivity (Wildman–Crippen MR) is 51.8 cm³/mol. The second-order valence-corrected chi connectivity index (χ2v) is 3.33. The van der Waals surface area contributed by atoms with Crippen molar-refractivity contribution in [3.05, 3.63) is 30.3 Å². The summed E-state index contributed by atoms with van der Waals surface area (Å²) in [6.07, 6.45) is 0.391. The average molecular weight is 176 g/mol. The smallest absolute Gasteiger partial charge is 0.124 e. The quantitative estimate of drug-likeness (QED) is 0.693. The van der Waals surface area contributed by atoms with Crippen molar-refractivity contribution in [2.75, 3.05) is 19.6 Å². The average Bonchev–Trinajstić information content (AvgIpc) is 2.12. The van der Waals surface area contributed by atoms with E-state index in [2.05, 4.69) is 17.9 Å².